The van der Waals surface area contributed by atoms with E-state index in [1.54, 1.807) is 47.1 Å². The second kappa shape index (κ2) is 9.90. The zero-order valence-corrected chi connectivity index (χ0v) is 19.2. The third kappa shape index (κ3) is 5.00. The number of anilines is 1. The Morgan fingerprint density at radius 2 is 1.85 bits per heavy atom. The molecule has 0 radical (unpaired) electrons. The van der Waals surface area contributed by atoms with Crippen molar-refractivity contribution in [2.24, 2.45) is 0 Å². The molecule has 1 N–H and O–H groups in total. The summed E-state index contributed by atoms with van der Waals surface area (Å²) < 4.78 is 7.06. The zero-order chi connectivity index (χ0) is 24.2. The maximum Gasteiger partial charge on any atom is 0.336 e. The molecule has 0 aliphatic heterocycles. The quantitative estimate of drug-likeness (QED) is 0.255. The molecule has 1 amide bonds. The Bertz CT molecular complexity index is 1370. The first-order chi connectivity index (χ1) is 16.4. The topological polar surface area (TPSA) is 112 Å². The molecule has 0 unspecified atom stereocenters. The highest BCUT2D eigenvalue weighted by molar-refractivity contribution is 6.42. The number of ether oxygens (including phenoxy) is 1. The van der Waals surface area contributed by atoms with Crippen LogP contribution >= 0.6 is 23.2 Å². The summed E-state index contributed by atoms with van der Waals surface area (Å²) in [5.74, 6) is 0.0303. The van der Waals surface area contributed by atoms with E-state index < -0.39 is 10.8 Å². The number of nitro groups is 1. The highest BCUT2D eigenvalue weighted by atomic mass is 35.5. The second-order valence-electron chi connectivity index (χ2n) is 7.00. The third-order valence-electron chi connectivity index (χ3n) is 4.73. The summed E-state index contributed by atoms with van der Waals surface area (Å²) in [6, 6.07) is 17.7. The zero-order valence-electron chi connectivity index (χ0n) is 17.7. The molecule has 0 saturated heterocycles. The summed E-state index contributed by atoms with van der Waals surface area (Å²) in [5, 5.41) is 18.9. The van der Waals surface area contributed by atoms with Crippen LogP contribution in [-0.2, 0) is 0 Å². The van der Waals surface area contributed by atoms with Gasteiger partial charge < -0.3 is 10.1 Å². The normalized spacial score (nSPS) is 10.7. The summed E-state index contributed by atoms with van der Waals surface area (Å²) in [5.41, 5.74) is 1.87. The highest BCUT2D eigenvalue weighted by Crippen LogP contribution is 2.30. The van der Waals surface area contributed by atoms with Crippen molar-refractivity contribution in [3.05, 3.63) is 92.5 Å². The molecule has 172 valence electrons. The van der Waals surface area contributed by atoms with E-state index in [-0.39, 0.29) is 17.3 Å². The lowest BCUT2D eigenvalue weighted by atomic mass is 10.2. The van der Waals surface area contributed by atoms with Gasteiger partial charge >= 0.3 is 6.01 Å². The number of aromatic nitrogens is 3. The van der Waals surface area contributed by atoms with E-state index in [9.17, 15) is 14.9 Å². The van der Waals surface area contributed by atoms with Gasteiger partial charge in [0, 0.05) is 28.9 Å². The van der Waals surface area contributed by atoms with Crippen LogP contribution in [0.1, 0.15) is 17.3 Å². The van der Waals surface area contributed by atoms with Crippen LogP contribution in [0.2, 0.25) is 10.0 Å². The molecule has 4 aromatic rings. The van der Waals surface area contributed by atoms with E-state index in [1.165, 1.54) is 24.3 Å². The summed E-state index contributed by atoms with van der Waals surface area (Å²) in [6.07, 6.45) is 0. The van der Waals surface area contributed by atoms with Gasteiger partial charge in [-0.05, 0) is 55.5 Å². The number of hydrogen-bond donors (Lipinski definition) is 1. The molecule has 9 nitrogen and oxygen atoms in total. The summed E-state index contributed by atoms with van der Waals surface area (Å²) in [6.45, 7) is 2.23. The Balaban J connectivity index is 1.61. The van der Waals surface area contributed by atoms with Crippen molar-refractivity contribution < 1.29 is 14.5 Å². The van der Waals surface area contributed by atoms with Crippen molar-refractivity contribution >= 4 is 40.5 Å². The van der Waals surface area contributed by atoms with Gasteiger partial charge in [-0.3, -0.25) is 14.9 Å². The maximum atomic E-state index is 12.5. The van der Waals surface area contributed by atoms with Gasteiger partial charge in [0.05, 0.1) is 27.3 Å². The van der Waals surface area contributed by atoms with E-state index >= 15 is 0 Å². The number of carbonyl (C=O) groups excluding carboxylic acids is 1. The first kappa shape index (κ1) is 23.2. The van der Waals surface area contributed by atoms with E-state index in [1.807, 2.05) is 6.92 Å². The van der Waals surface area contributed by atoms with Crippen molar-refractivity contribution in [1.82, 2.24) is 14.8 Å². The minimum absolute atomic E-state index is 0.158. The van der Waals surface area contributed by atoms with Gasteiger partial charge in [-0.1, -0.05) is 29.3 Å². The predicted octanol–water partition coefficient (Wildman–Crippen LogP) is 5.80. The molecule has 34 heavy (non-hydrogen) atoms. The molecular weight excluding hydrogens is 481 g/mol. The molecule has 0 fully saturated rings. The summed E-state index contributed by atoms with van der Waals surface area (Å²) in [7, 11) is 0. The van der Waals surface area contributed by atoms with E-state index in [4.69, 9.17) is 27.9 Å². The van der Waals surface area contributed by atoms with Crippen LogP contribution in [0.5, 0.6) is 6.01 Å². The number of hydrogen-bond acceptors (Lipinski definition) is 6. The number of non-ortho nitro benzene ring substituents is 1. The Morgan fingerprint density at radius 1 is 1.09 bits per heavy atom. The average Bonchev–Trinajstić information content (AvgIpc) is 3.25. The SMILES string of the molecule is CCOc1nc(-c2ccc(Cl)c(Cl)c2)n(-c2ccc(NC(=O)c3cccc([N+](=O)[O-])c3)cc2)n1. The molecule has 0 atom stereocenters. The molecule has 0 aliphatic carbocycles. The second-order valence-corrected chi connectivity index (χ2v) is 7.81. The van der Waals surface area contributed by atoms with Crippen molar-refractivity contribution in [2.45, 2.75) is 6.92 Å². The first-order valence-corrected chi connectivity index (χ1v) is 10.8. The number of benzene rings is 3. The Labute approximate surface area is 204 Å². The molecule has 0 saturated carbocycles. The number of carbonyl (C=O) groups is 1. The van der Waals surface area contributed by atoms with Crippen molar-refractivity contribution in [2.75, 3.05) is 11.9 Å². The van der Waals surface area contributed by atoms with Crippen LogP contribution in [0, 0.1) is 10.1 Å². The van der Waals surface area contributed by atoms with E-state index in [0.29, 0.717) is 39.4 Å². The van der Waals surface area contributed by atoms with Crippen LogP contribution in [-0.4, -0.2) is 32.2 Å². The number of nitrogens with one attached hydrogen (secondary N) is 1. The standard InChI is InChI=1S/C23H17Cl2N5O4/c1-2-34-23-27-21(14-6-11-19(24)20(25)13-14)29(28-23)17-9-7-16(8-10-17)26-22(31)15-4-3-5-18(12-15)30(32)33/h3-13H,2H2,1H3,(H,26,31). The van der Waals surface area contributed by atoms with Crippen LogP contribution < -0.4 is 10.1 Å². The lowest BCUT2D eigenvalue weighted by Gasteiger charge is -2.09. The fourth-order valence-electron chi connectivity index (χ4n) is 3.14. The molecule has 1 heterocycles. The highest BCUT2D eigenvalue weighted by Gasteiger charge is 2.16. The fraction of sp³-hybridized carbons (Fsp3) is 0.0870. The van der Waals surface area contributed by atoms with Crippen LogP contribution in [0.4, 0.5) is 11.4 Å². The molecule has 4 rings (SSSR count). The molecule has 0 spiro atoms. The number of nitro benzene ring substituents is 1. The molecule has 1 aromatic heterocycles. The Morgan fingerprint density at radius 3 is 2.53 bits per heavy atom. The van der Waals surface area contributed by atoms with Gasteiger partial charge in [-0.15, -0.1) is 5.10 Å². The molecule has 0 aliphatic rings. The van der Waals surface area contributed by atoms with E-state index in [2.05, 4.69) is 15.4 Å². The lowest BCUT2D eigenvalue weighted by Crippen LogP contribution is -2.12. The largest absolute Gasteiger partial charge is 0.463 e. The molecular formula is C23H17Cl2N5O4. The van der Waals surface area contributed by atoms with Crippen LogP contribution in [0.15, 0.2) is 66.7 Å². The third-order valence-corrected chi connectivity index (χ3v) is 5.47. The molecule has 3 aromatic carbocycles. The van der Waals surface area contributed by atoms with E-state index in [0.717, 1.165) is 0 Å². The average molecular weight is 498 g/mol. The van der Waals surface area contributed by atoms with Gasteiger partial charge in [-0.2, -0.15) is 4.98 Å². The Kier molecular flexibility index (Phi) is 6.76. The number of amides is 1. The van der Waals surface area contributed by atoms with Gasteiger partial charge in [0.2, 0.25) is 0 Å². The van der Waals surface area contributed by atoms with Gasteiger partial charge in [-0.25, -0.2) is 4.68 Å². The summed E-state index contributed by atoms with van der Waals surface area (Å²) >= 11 is 12.2. The van der Waals surface area contributed by atoms with Gasteiger partial charge in [0.15, 0.2) is 5.82 Å². The first-order valence-electron chi connectivity index (χ1n) is 10.1. The molecule has 11 heteroatoms. The lowest BCUT2D eigenvalue weighted by molar-refractivity contribution is -0.384. The minimum Gasteiger partial charge on any atom is -0.463 e. The Hall–Kier alpha value is -3.95. The smallest absolute Gasteiger partial charge is 0.336 e. The number of halogens is 2. The van der Waals surface area contributed by atoms with Crippen molar-refractivity contribution in [3.63, 3.8) is 0 Å². The van der Waals surface area contributed by atoms with Gasteiger partial charge in [0.25, 0.3) is 11.6 Å². The number of nitrogens with zero attached hydrogens (tertiary/aromatic N) is 4. The molecule has 0 bridgehead atoms. The minimum atomic E-state index is -0.550. The maximum absolute atomic E-state index is 12.5. The number of rotatable bonds is 7. The monoisotopic (exact) mass is 497 g/mol. The van der Waals surface area contributed by atoms with Gasteiger partial charge in [0.1, 0.15) is 0 Å². The summed E-state index contributed by atoms with van der Waals surface area (Å²) in [4.78, 5) is 27.4. The fourth-order valence-corrected chi connectivity index (χ4v) is 3.43. The van der Waals surface area contributed by atoms with Crippen LogP contribution in [0.25, 0.3) is 17.1 Å². The van der Waals surface area contributed by atoms with Crippen molar-refractivity contribution in [3.8, 4) is 23.1 Å². The van der Waals surface area contributed by atoms with Crippen molar-refractivity contribution in [1.29, 1.82) is 0 Å². The van der Waals surface area contributed by atoms with Crippen LogP contribution in [0.3, 0.4) is 0 Å². The predicted molar refractivity (Wildman–Crippen MR) is 129 cm³/mol.